The molecule has 0 fully saturated rings. The second-order valence-electron chi connectivity index (χ2n) is 8.22. The molecule has 3 aromatic rings. The van der Waals surface area contributed by atoms with Crippen LogP contribution in [0.4, 0.5) is 9.59 Å². The molecule has 4 rings (SSSR count). The van der Waals surface area contributed by atoms with Gasteiger partial charge in [0.2, 0.25) is 5.90 Å². The zero-order valence-electron chi connectivity index (χ0n) is 21.5. The molecule has 0 radical (unpaired) electrons. The molecule has 2 atom stereocenters. The Morgan fingerprint density at radius 1 is 1.00 bits per heavy atom. The van der Waals surface area contributed by atoms with Crippen molar-refractivity contribution in [2.45, 2.75) is 32.5 Å². The summed E-state index contributed by atoms with van der Waals surface area (Å²) in [5.74, 6) is 0.522. The Kier molecular flexibility index (Phi) is 8.94. The number of carbonyl (C=O) groups excluding carboxylic acids is 2. The van der Waals surface area contributed by atoms with E-state index in [0.717, 1.165) is 16.1 Å². The van der Waals surface area contributed by atoms with Gasteiger partial charge in [-0.2, -0.15) is 0 Å². The van der Waals surface area contributed by atoms with E-state index in [4.69, 9.17) is 28.5 Å². The van der Waals surface area contributed by atoms with Gasteiger partial charge >= 0.3 is 12.2 Å². The first-order chi connectivity index (χ1) is 18.5. The molecule has 2 heterocycles. The molecule has 0 unspecified atom stereocenters. The van der Waals surface area contributed by atoms with Gasteiger partial charge in [-0.1, -0.05) is 65.8 Å². The summed E-state index contributed by atoms with van der Waals surface area (Å²) < 4.78 is 27.6. The Labute approximate surface area is 220 Å². The minimum atomic E-state index is -0.816. The van der Waals surface area contributed by atoms with Crippen molar-refractivity contribution >= 4 is 18.1 Å². The lowest BCUT2D eigenvalue weighted by atomic mass is 10.0. The molecule has 0 aliphatic carbocycles. The fourth-order valence-electron chi connectivity index (χ4n) is 4.01. The van der Waals surface area contributed by atoms with Crippen LogP contribution in [0.5, 0.6) is 0 Å². The third kappa shape index (κ3) is 6.12. The molecule has 1 aliphatic heterocycles. The van der Waals surface area contributed by atoms with E-state index >= 15 is 0 Å². The van der Waals surface area contributed by atoms with E-state index < -0.39 is 18.3 Å². The number of methoxy groups -OCH3 is 1. The van der Waals surface area contributed by atoms with Gasteiger partial charge in [0.25, 0.3) is 0 Å². The van der Waals surface area contributed by atoms with Crippen molar-refractivity contribution in [1.29, 1.82) is 0 Å². The minimum Gasteiger partial charge on any atom is -0.467 e. The molecule has 2 amide bonds. The van der Waals surface area contributed by atoms with Crippen LogP contribution in [0.1, 0.15) is 36.8 Å². The van der Waals surface area contributed by atoms with Gasteiger partial charge in [0, 0.05) is 12.7 Å². The molecule has 0 saturated carbocycles. The highest BCUT2D eigenvalue weighted by molar-refractivity contribution is 6.02. The first-order valence-corrected chi connectivity index (χ1v) is 12.3. The molecule has 11 nitrogen and oxygen atoms in total. The van der Waals surface area contributed by atoms with Crippen molar-refractivity contribution < 1.29 is 33.1 Å². The van der Waals surface area contributed by atoms with Crippen molar-refractivity contribution in [1.82, 2.24) is 15.6 Å². The maximum Gasteiger partial charge on any atom is 0.429 e. The third-order valence-electron chi connectivity index (χ3n) is 5.65. The van der Waals surface area contributed by atoms with Crippen LogP contribution in [0.25, 0.3) is 11.3 Å². The second kappa shape index (κ2) is 12.7. The quantitative estimate of drug-likeness (QED) is 0.408. The Morgan fingerprint density at radius 2 is 1.68 bits per heavy atom. The van der Waals surface area contributed by atoms with Crippen LogP contribution in [0.15, 0.2) is 70.2 Å². The lowest BCUT2D eigenvalue weighted by Gasteiger charge is -2.21. The van der Waals surface area contributed by atoms with Gasteiger partial charge in [0.1, 0.15) is 23.8 Å². The molecule has 0 bridgehead atoms. The molecule has 2 aromatic carbocycles. The number of carbonyl (C=O) groups is 2. The average molecular weight is 523 g/mol. The van der Waals surface area contributed by atoms with Gasteiger partial charge in [-0.15, -0.1) is 0 Å². The topological polar surface area (TPSA) is 125 Å². The Bertz CT molecular complexity index is 1250. The highest BCUT2D eigenvalue weighted by Crippen LogP contribution is 2.35. The molecule has 38 heavy (non-hydrogen) atoms. The summed E-state index contributed by atoms with van der Waals surface area (Å²) in [6, 6.07) is 18.8. The summed E-state index contributed by atoms with van der Waals surface area (Å²) in [5, 5.41) is 5.24. The van der Waals surface area contributed by atoms with E-state index in [2.05, 4.69) is 10.6 Å². The maximum absolute atomic E-state index is 12.7. The van der Waals surface area contributed by atoms with Crippen LogP contribution in [-0.4, -0.2) is 61.2 Å². The fraction of sp³-hybridized carbons (Fsp3) is 0.333. The Balaban J connectivity index is 1.74. The zero-order valence-corrected chi connectivity index (χ0v) is 21.5. The van der Waals surface area contributed by atoms with Crippen molar-refractivity contribution in [2.75, 3.05) is 26.9 Å². The zero-order chi connectivity index (χ0) is 26.9. The highest BCUT2D eigenvalue weighted by atomic mass is 16.6. The summed E-state index contributed by atoms with van der Waals surface area (Å²) in [7, 11) is 1.61. The van der Waals surface area contributed by atoms with Crippen LogP contribution in [-0.2, 0) is 25.5 Å². The van der Waals surface area contributed by atoms with E-state index in [9.17, 15) is 9.59 Å². The number of benzene rings is 2. The van der Waals surface area contributed by atoms with Gasteiger partial charge in [0.05, 0.1) is 19.8 Å². The van der Waals surface area contributed by atoms with Gasteiger partial charge in [-0.3, -0.25) is 0 Å². The molecular weight excluding hydrogens is 492 g/mol. The van der Waals surface area contributed by atoms with E-state index in [-0.39, 0.29) is 37.5 Å². The highest BCUT2D eigenvalue weighted by Gasteiger charge is 2.37. The maximum atomic E-state index is 12.7. The van der Waals surface area contributed by atoms with Crippen molar-refractivity contribution in [2.24, 2.45) is 4.99 Å². The smallest absolute Gasteiger partial charge is 0.429 e. The van der Waals surface area contributed by atoms with Gasteiger partial charge in [-0.05, 0) is 19.4 Å². The largest absolute Gasteiger partial charge is 0.467 e. The predicted octanol–water partition coefficient (Wildman–Crippen LogP) is 4.49. The normalized spacial score (nSPS) is 16.3. The van der Waals surface area contributed by atoms with Gasteiger partial charge < -0.3 is 23.5 Å². The number of nitrogens with zero attached hydrogens (tertiary/aromatic N) is 3. The first kappa shape index (κ1) is 26.7. The first-order valence-electron chi connectivity index (χ1n) is 12.3. The minimum absolute atomic E-state index is 0.103. The van der Waals surface area contributed by atoms with E-state index in [1.165, 1.54) is 0 Å². The van der Waals surface area contributed by atoms with Gasteiger partial charge in [0.15, 0.2) is 11.9 Å². The lowest BCUT2D eigenvalue weighted by Crippen LogP contribution is -2.46. The van der Waals surface area contributed by atoms with Crippen LogP contribution in [0, 0.1) is 0 Å². The summed E-state index contributed by atoms with van der Waals surface area (Å²) in [5.41, 5.74) is 5.02. The molecule has 200 valence electrons. The van der Waals surface area contributed by atoms with Crippen LogP contribution in [0.3, 0.4) is 0 Å². The number of aliphatic imine (C=N–C) groups is 1. The Hall–Kier alpha value is -4.38. The SMILES string of the molecule is CCOC(=O)NN(Cc1onc(-c2ccccc2)c1C1=N[C@@H](COC)[C@H](c2ccccc2)O1)C(=O)OCC. The van der Waals surface area contributed by atoms with Crippen molar-refractivity contribution in [3.63, 3.8) is 0 Å². The number of hydrogen-bond acceptors (Lipinski definition) is 9. The van der Waals surface area contributed by atoms with Crippen LogP contribution in [0.2, 0.25) is 0 Å². The number of aromatic nitrogens is 1. The van der Waals surface area contributed by atoms with Crippen molar-refractivity contribution in [3.05, 3.63) is 77.6 Å². The van der Waals surface area contributed by atoms with Crippen LogP contribution >= 0.6 is 0 Å². The predicted molar refractivity (Wildman–Crippen MR) is 137 cm³/mol. The van der Waals surface area contributed by atoms with Crippen molar-refractivity contribution in [3.8, 4) is 11.3 Å². The number of hydrazine groups is 1. The lowest BCUT2D eigenvalue weighted by molar-refractivity contribution is 0.0673. The monoisotopic (exact) mass is 522 g/mol. The van der Waals surface area contributed by atoms with Gasteiger partial charge in [-0.25, -0.2) is 25.0 Å². The number of ether oxygens (including phenoxy) is 4. The molecule has 0 saturated heterocycles. The summed E-state index contributed by atoms with van der Waals surface area (Å²) in [6.45, 7) is 3.65. The number of hydrogen-bond donors (Lipinski definition) is 1. The summed E-state index contributed by atoms with van der Waals surface area (Å²) in [6.07, 6.45) is -2.02. The second-order valence-corrected chi connectivity index (χ2v) is 8.22. The van der Waals surface area contributed by atoms with E-state index in [0.29, 0.717) is 17.9 Å². The fourth-order valence-corrected chi connectivity index (χ4v) is 4.01. The van der Waals surface area contributed by atoms with Crippen LogP contribution < -0.4 is 5.43 Å². The summed E-state index contributed by atoms with van der Waals surface area (Å²) in [4.78, 5) is 29.6. The van der Waals surface area contributed by atoms with E-state index in [1.807, 2.05) is 60.7 Å². The molecule has 1 aromatic heterocycles. The van der Waals surface area contributed by atoms with E-state index in [1.54, 1.807) is 21.0 Å². The number of nitrogens with one attached hydrogen (secondary N) is 1. The average Bonchev–Trinajstić information content (AvgIpc) is 3.54. The molecule has 0 spiro atoms. The third-order valence-corrected chi connectivity index (χ3v) is 5.65. The summed E-state index contributed by atoms with van der Waals surface area (Å²) >= 11 is 0. The molecule has 1 N–H and O–H groups in total. The number of amides is 2. The molecule has 1 aliphatic rings. The standard InChI is InChI=1S/C27H30N4O7/c1-4-35-26(32)29-31(27(33)36-5-2)16-21-22(23(30-38-21)18-12-8-6-9-13-18)25-28-20(17-34-3)24(37-25)19-14-10-7-11-15-19/h6-15,20,24H,4-5,16-17H2,1-3H3,(H,29,32)/t20-,24-/m0/s1. The molecular formula is C27H30N4O7. The Morgan fingerprint density at radius 3 is 2.34 bits per heavy atom. The number of rotatable bonds is 9. The molecule has 11 heteroatoms.